The lowest BCUT2D eigenvalue weighted by Crippen LogP contribution is -2.26. The number of anilines is 1. The van der Waals surface area contributed by atoms with Gasteiger partial charge in [0, 0.05) is 17.9 Å². The van der Waals surface area contributed by atoms with E-state index in [2.05, 4.69) is 10.5 Å². The standard InChI is InChI=1S/C14H18Cl2N2O4/c1-12(2,3)8-5-10(22-18-8)17-9(19)6-21-11(20)13(4)7-14(13,15)16/h5H,6-7H2,1-4H3,(H,17,19)/t13-/m1/s1. The topological polar surface area (TPSA) is 81.4 Å². The number of aromatic nitrogens is 1. The number of alkyl halides is 2. The first-order valence-electron chi connectivity index (χ1n) is 6.78. The zero-order chi connectivity index (χ0) is 16.8. The Morgan fingerprint density at radius 3 is 2.50 bits per heavy atom. The number of ether oxygens (including phenoxy) is 1. The number of carbonyl (C=O) groups excluding carboxylic acids is 2. The van der Waals surface area contributed by atoms with E-state index >= 15 is 0 Å². The molecule has 1 aromatic heterocycles. The minimum absolute atomic E-state index is 0.191. The Labute approximate surface area is 138 Å². The number of carbonyl (C=O) groups is 2. The van der Waals surface area contributed by atoms with Crippen LogP contribution in [0.25, 0.3) is 0 Å². The van der Waals surface area contributed by atoms with Crippen molar-refractivity contribution in [3.05, 3.63) is 11.8 Å². The van der Waals surface area contributed by atoms with Crippen molar-refractivity contribution in [2.75, 3.05) is 11.9 Å². The molecule has 6 nitrogen and oxygen atoms in total. The molecule has 1 aromatic rings. The predicted molar refractivity (Wildman–Crippen MR) is 82.0 cm³/mol. The summed E-state index contributed by atoms with van der Waals surface area (Å²) in [6.45, 7) is 7.07. The van der Waals surface area contributed by atoms with Gasteiger partial charge in [0.1, 0.15) is 9.75 Å². The van der Waals surface area contributed by atoms with Crippen LogP contribution in [0.1, 0.15) is 39.8 Å². The van der Waals surface area contributed by atoms with Crippen LogP contribution in [0, 0.1) is 5.41 Å². The van der Waals surface area contributed by atoms with Crippen molar-refractivity contribution in [1.29, 1.82) is 0 Å². The van der Waals surface area contributed by atoms with E-state index in [9.17, 15) is 9.59 Å². The van der Waals surface area contributed by atoms with Gasteiger partial charge in [-0.15, -0.1) is 23.2 Å². The summed E-state index contributed by atoms with van der Waals surface area (Å²) in [5.74, 6) is -0.919. The minimum atomic E-state index is -1.12. The second-order valence-corrected chi connectivity index (χ2v) is 8.15. The number of hydrogen-bond acceptors (Lipinski definition) is 5. The maximum Gasteiger partial charge on any atom is 0.315 e. The predicted octanol–water partition coefficient (Wildman–Crippen LogP) is 3.04. The highest BCUT2D eigenvalue weighted by atomic mass is 35.5. The number of rotatable bonds is 4. The highest BCUT2D eigenvalue weighted by Crippen LogP contribution is 2.64. The van der Waals surface area contributed by atoms with E-state index in [-0.39, 0.29) is 11.3 Å². The Bertz CT molecular complexity index is 606. The summed E-state index contributed by atoms with van der Waals surface area (Å²) in [6.07, 6.45) is 0.306. The zero-order valence-electron chi connectivity index (χ0n) is 12.8. The molecule has 1 heterocycles. The second kappa shape index (κ2) is 5.42. The van der Waals surface area contributed by atoms with Crippen LogP contribution >= 0.6 is 23.2 Å². The number of hydrogen-bond donors (Lipinski definition) is 1. The molecule has 22 heavy (non-hydrogen) atoms. The van der Waals surface area contributed by atoms with Crippen LogP contribution in [0.15, 0.2) is 10.6 Å². The molecule has 2 rings (SSSR count). The first kappa shape index (κ1) is 17.1. The highest BCUT2D eigenvalue weighted by molar-refractivity contribution is 6.53. The summed E-state index contributed by atoms with van der Waals surface area (Å²) >= 11 is 11.7. The number of amides is 1. The molecule has 1 amide bonds. The van der Waals surface area contributed by atoms with Gasteiger partial charge in [-0.1, -0.05) is 25.9 Å². The van der Waals surface area contributed by atoms with Crippen molar-refractivity contribution in [2.24, 2.45) is 5.41 Å². The van der Waals surface area contributed by atoms with Crippen LogP contribution in [-0.4, -0.2) is 28.0 Å². The van der Waals surface area contributed by atoms with Gasteiger partial charge in [-0.3, -0.25) is 14.9 Å². The molecule has 0 bridgehead atoms. The Kier molecular flexibility index (Phi) is 4.21. The van der Waals surface area contributed by atoms with Gasteiger partial charge in [0.15, 0.2) is 6.61 Å². The number of nitrogens with zero attached hydrogens (tertiary/aromatic N) is 1. The summed E-state index contributed by atoms with van der Waals surface area (Å²) in [6, 6.07) is 1.63. The fourth-order valence-electron chi connectivity index (χ4n) is 1.77. The summed E-state index contributed by atoms with van der Waals surface area (Å²) in [5, 5.41) is 6.34. The van der Waals surface area contributed by atoms with Gasteiger partial charge >= 0.3 is 5.97 Å². The van der Waals surface area contributed by atoms with Gasteiger partial charge in [0.05, 0.1) is 5.69 Å². The molecule has 0 radical (unpaired) electrons. The van der Waals surface area contributed by atoms with E-state index in [4.69, 9.17) is 32.5 Å². The van der Waals surface area contributed by atoms with Gasteiger partial charge in [-0.2, -0.15) is 0 Å². The van der Waals surface area contributed by atoms with Gasteiger partial charge in [-0.25, -0.2) is 0 Å². The molecule has 0 spiro atoms. The number of nitrogens with one attached hydrogen (secondary N) is 1. The summed E-state index contributed by atoms with van der Waals surface area (Å²) < 4.78 is 8.83. The quantitative estimate of drug-likeness (QED) is 0.667. The molecule has 1 aliphatic carbocycles. The normalized spacial score (nSPS) is 23.0. The SMILES string of the molecule is CC(C)(C)c1cc(NC(=O)COC(=O)[C@@]2(C)CC2(Cl)Cl)on1. The van der Waals surface area contributed by atoms with E-state index in [1.54, 1.807) is 13.0 Å². The molecule has 0 unspecified atom stereocenters. The van der Waals surface area contributed by atoms with Crippen molar-refractivity contribution in [3.8, 4) is 0 Å². The highest BCUT2D eigenvalue weighted by Gasteiger charge is 2.69. The molecule has 0 saturated heterocycles. The maximum absolute atomic E-state index is 11.8. The molecule has 1 N–H and O–H groups in total. The lowest BCUT2D eigenvalue weighted by atomic mass is 9.92. The van der Waals surface area contributed by atoms with Crippen LogP contribution in [0.5, 0.6) is 0 Å². The van der Waals surface area contributed by atoms with Crippen LogP contribution in [-0.2, 0) is 19.7 Å². The molecule has 1 atom stereocenters. The average Bonchev–Trinajstić information content (AvgIpc) is 2.76. The fraction of sp³-hybridized carbons (Fsp3) is 0.643. The monoisotopic (exact) mass is 348 g/mol. The van der Waals surface area contributed by atoms with Crippen molar-refractivity contribution in [2.45, 2.75) is 43.9 Å². The van der Waals surface area contributed by atoms with E-state index in [1.165, 1.54) is 0 Å². The van der Waals surface area contributed by atoms with Crippen LogP contribution in [0.3, 0.4) is 0 Å². The van der Waals surface area contributed by atoms with Crippen molar-refractivity contribution in [1.82, 2.24) is 5.16 Å². The van der Waals surface area contributed by atoms with E-state index in [0.29, 0.717) is 12.1 Å². The molecule has 0 aliphatic heterocycles. The summed E-state index contributed by atoms with van der Waals surface area (Å²) in [5.41, 5.74) is -0.440. The minimum Gasteiger partial charge on any atom is -0.455 e. The van der Waals surface area contributed by atoms with Crippen molar-refractivity contribution in [3.63, 3.8) is 0 Å². The maximum atomic E-state index is 11.8. The molecule has 8 heteroatoms. The third kappa shape index (κ3) is 3.38. The van der Waals surface area contributed by atoms with Crippen molar-refractivity contribution < 1.29 is 18.8 Å². The Hall–Kier alpha value is -1.27. The first-order valence-corrected chi connectivity index (χ1v) is 7.53. The fourth-order valence-corrected chi connectivity index (χ4v) is 2.46. The molecule has 1 aliphatic rings. The van der Waals surface area contributed by atoms with E-state index in [0.717, 1.165) is 0 Å². The van der Waals surface area contributed by atoms with Gasteiger partial charge < -0.3 is 9.26 Å². The largest absolute Gasteiger partial charge is 0.455 e. The Morgan fingerprint density at radius 1 is 1.45 bits per heavy atom. The summed E-state index contributed by atoms with van der Waals surface area (Å²) in [4.78, 5) is 23.6. The van der Waals surface area contributed by atoms with Crippen LogP contribution < -0.4 is 5.32 Å². The van der Waals surface area contributed by atoms with Gasteiger partial charge in [0.2, 0.25) is 5.88 Å². The van der Waals surface area contributed by atoms with Gasteiger partial charge in [0.25, 0.3) is 5.91 Å². The van der Waals surface area contributed by atoms with Crippen LogP contribution in [0.4, 0.5) is 5.88 Å². The smallest absolute Gasteiger partial charge is 0.315 e. The molecule has 0 aromatic carbocycles. The lowest BCUT2D eigenvalue weighted by Gasteiger charge is -2.12. The summed E-state index contributed by atoms with van der Waals surface area (Å²) in [7, 11) is 0. The zero-order valence-corrected chi connectivity index (χ0v) is 14.3. The lowest BCUT2D eigenvalue weighted by molar-refractivity contribution is -0.152. The first-order chi connectivity index (χ1) is 9.96. The Balaban J connectivity index is 1.84. The average molecular weight is 349 g/mol. The Morgan fingerprint density at radius 2 is 2.05 bits per heavy atom. The molecule has 122 valence electrons. The van der Waals surface area contributed by atoms with Gasteiger partial charge in [-0.05, 0) is 6.92 Å². The van der Waals surface area contributed by atoms with E-state index in [1.807, 2.05) is 20.8 Å². The number of esters is 1. The molecule has 1 saturated carbocycles. The third-order valence-corrected chi connectivity index (χ3v) is 4.69. The van der Waals surface area contributed by atoms with E-state index < -0.39 is 28.2 Å². The third-order valence-electron chi connectivity index (χ3n) is 3.58. The molecule has 1 fully saturated rings. The second-order valence-electron chi connectivity index (χ2n) is 6.66. The molecular weight excluding hydrogens is 331 g/mol. The molecular formula is C14H18Cl2N2O4. The number of halogens is 2. The van der Waals surface area contributed by atoms with Crippen molar-refractivity contribution >= 4 is 41.0 Å². The van der Waals surface area contributed by atoms with Crippen LogP contribution in [0.2, 0.25) is 0 Å².